The van der Waals surface area contributed by atoms with E-state index in [1.54, 1.807) is 17.0 Å². The highest BCUT2D eigenvalue weighted by molar-refractivity contribution is 5.83. The number of benzene rings is 1. The van der Waals surface area contributed by atoms with Gasteiger partial charge in [-0.2, -0.15) is 0 Å². The first-order chi connectivity index (χ1) is 11.7. The molecule has 1 heterocycles. The smallest absolute Gasteiger partial charge is 0.226 e. The van der Waals surface area contributed by atoms with Gasteiger partial charge in [-0.05, 0) is 24.0 Å². The number of hydrogen-bond donors (Lipinski definition) is 1. The molecule has 1 saturated heterocycles. The highest BCUT2D eigenvalue weighted by Gasteiger charge is 2.46. The van der Waals surface area contributed by atoms with Gasteiger partial charge in [0.25, 0.3) is 0 Å². The van der Waals surface area contributed by atoms with Crippen molar-refractivity contribution in [2.75, 3.05) is 52.5 Å². The minimum absolute atomic E-state index is 0.0247. The Labute approximate surface area is 142 Å². The van der Waals surface area contributed by atoms with E-state index >= 15 is 0 Å². The topological polar surface area (TPSA) is 53.0 Å². The average Bonchev–Trinajstić information content (AvgIpc) is 3.40. The lowest BCUT2D eigenvalue weighted by molar-refractivity contribution is -0.133. The molecule has 2 fully saturated rings. The zero-order valence-corrected chi connectivity index (χ0v) is 13.9. The van der Waals surface area contributed by atoms with Gasteiger partial charge in [-0.1, -0.05) is 18.2 Å². The first kappa shape index (κ1) is 17.3. The van der Waals surface area contributed by atoms with Crippen LogP contribution >= 0.6 is 0 Å². The van der Waals surface area contributed by atoms with Crippen LogP contribution in [0, 0.1) is 11.7 Å². The number of halogens is 1. The fraction of sp³-hybridized carbons (Fsp3) is 0.611. The van der Waals surface area contributed by atoms with E-state index in [0.717, 1.165) is 32.8 Å². The van der Waals surface area contributed by atoms with Crippen molar-refractivity contribution < 1.29 is 19.0 Å². The summed E-state index contributed by atoms with van der Waals surface area (Å²) in [5.41, 5.74) is 0.632. The molecule has 1 saturated carbocycles. The van der Waals surface area contributed by atoms with Crippen molar-refractivity contribution in [3.63, 3.8) is 0 Å². The zero-order valence-electron chi connectivity index (χ0n) is 13.9. The number of aliphatic hydroxyl groups excluding tert-OH is 1. The number of amides is 1. The third-order valence-corrected chi connectivity index (χ3v) is 4.88. The van der Waals surface area contributed by atoms with Gasteiger partial charge in [-0.15, -0.1) is 0 Å². The third-order valence-electron chi connectivity index (χ3n) is 4.88. The standard InChI is InChI=1S/C18H25FN2O3/c19-17-4-2-1-3-14(17)15-13-16(15)18(23)21(7-10-22)6-5-20-8-11-24-12-9-20/h1-4,15-16,22H,5-13H2. The maximum Gasteiger partial charge on any atom is 0.226 e. The van der Waals surface area contributed by atoms with Crippen molar-refractivity contribution >= 4 is 5.91 Å². The molecule has 0 bridgehead atoms. The fourth-order valence-electron chi connectivity index (χ4n) is 3.36. The summed E-state index contributed by atoms with van der Waals surface area (Å²) in [6.45, 7) is 4.88. The van der Waals surface area contributed by atoms with Gasteiger partial charge in [0.15, 0.2) is 0 Å². The van der Waals surface area contributed by atoms with Gasteiger partial charge in [-0.25, -0.2) is 4.39 Å². The molecule has 1 N–H and O–H groups in total. The molecule has 0 radical (unpaired) electrons. The quantitative estimate of drug-likeness (QED) is 0.810. The van der Waals surface area contributed by atoms with Gasteiger partial charge in [0, 0.05) is 38.6 Å². The summed E-state index contributed by atoms with van der Waals surface area (Å²) in [5.74, 6) is -0.383. The van der Waals surface area contributed by atoms with Crippen LogP contribution in [0.4, 0.5) is 4.39 Å². The molecule has 5 nitrogen and oxygen atoms in total. The molecule has 24 heavy (non-hydrogen) atoms. The number of hydrogen-bond acceptors (Lipinski definition) is 4. The normalized spacial score (nSPS) is 23.9. The lowest BCUT2D eigenvalue weighted by Gasteiger charge is -2.30. The predicted molar refractivity (Wildman–Crippen MR) is 88.2 cm³/mol. The minimum Gasteiger partial charge on any atom is -0.395 e. The molecule has 1 aliphatic heterocycles. The number of ether oxygens (including phenoxy) is 1. The van der Waals surface area contributed by atoms with Gasteiger partial charge in [-0.3, -0.25) is 9.69 Å². The molecule has 1 aliphatic carbocycles. The van der Waals surface area contributed by atoms with E-state index in [9.17, 15) is 14.3 Å². The summed E-state index contributed by atoms with van der Waals surface area (Å²) in [6.07, 6.45) is 0.694. The molecular weight excluding hydrogens is 311 g/mol. The number of carbonyl (C=O) groups is 1. The molecule has 2 unspecified atom stereocenters. The van der Waals surface area contributed by atoms with E-state index in [4.69, 9.17) is 4.74 Å². The summed E-state index contributed by atoms with van der Waals surface area (Å²) >= 11 is 0. The highest BCUT2D eigenvalue weighted by atomic mass is 19.1. The molecule has 1 amide bonds. The molecule has 6 heteroatoms. The Balaban J connectivity index is 1.56. The lowest BCUT2D eigenvalue weighted by atomic mass is 10.1. The Kier molecular flexibility index (Phi) is 5.81. The predicted octanol–water partition coefficient (Wildman–Crippen LogP) is 1.08. The van der Waals surface area contributed by atoms with Gasteiger partial charge in [0.2, 0.25) is 5.91 Å². The zero-order chi connectivity index (χ0) is 16.9. The van der Waals surface area contributed by atoms with E-state index in [1.807, 2.05) is 6.07 Å². The molecule has 2 aliphatic rings. The van der Waals surface area contributed by atoms with Crippen LogP contribution in [0.3, 0.4) is 0 Å². The fourth-order valence-corrected chi connectivity index (χ4v) is 3.36. The van der Waals surface area contributed by atoms with Gasteiger partial charge < -0.3 is 14.7 Å². The average molecular weight is 336 g/mol. The van der Waals surface area contributed by atoms with Crippen molar-refractivity contribution in [3.8, 4) is 0 Å². The minimum atomic E-state index is -0.236. The van der Waals surface area contributed by atoms with Crippen LogP contribution in [0.15, 0.2) is 24.3 Å². The van der Waals surface area contributed by atoms with E-state index in [-0.39, 0.29) is 30.2 Å². The monoisotopic (exact) mass is 336 g/mol. The second kappa shape index (κ2) is 8.05. The third kappa shape index (κ3) is 4.12. The highest BCUT2D eigenvalue weighted by Crippen LogP contribution is 2.49. The summed E-state index contributed by atoms with van der Waals surface area (Å²) in [4.78, 5) is 16.7. The number of rotatable bonds is 7. The Morgan fingerprint density at radius 3 is 2.75 bits per heavy atom. The van der Waals surface area contributed by atoms with Gasteiger partial charge >= 0.3 is 0 Å². The van der Waals surface area contributed by atoms with Crippen molar-refractivity contribution in [3.05, 3.63) is 35.6 Å². The summed E-state index contributed by atoms with van der Waals surface area (Å²) in [5, 5.41) is 9.26. The number of morpholine rings is 1. The Bertz CT molecular complexity index is 563. The SMILES string of the molecule is O=C(C1CC1c1ccccc1F)N(CCO)CCN1CCOCC1. The first-order valence-electron chi connectivity index (χ1n) is 8.65. The largest absolute Gasteiger partial charge is 0.395 e. The van der Waals surface area contributed by atoms with E-state index in [0.29, 0.717) is 25.1 Å². The van der Waals surface area contributed by atoms with Gasteiger partial charge in [0.05, 0.1) is 19.8 Å². The van der Waals surface area contributed by atoms with Gasteiger partial charge in [0.1, 0.15) is 5.82 Å². The second-order valence-electron chi connectivity index (χ2n) is 6.47. The maximum atomic E-state index is 13.9. The molecular formula is C18H25FN2O3. The molecule has 3 rings (SSSR count). The molecule has 1 aromatic carbocycles. The summed E-state index contributed by atoms with van der Waals surface area (Å²) in [6, 6.07) is 6.68. The van der Waals surface area contributed by atoms with Crippen molar-refractivity contribution in [2.45, 2.75) is 12.3 Å². The Morgan fingerprint density at radius 2 is 2.04 bits per heavy atom. The molecule has 2 atom stereocenters. The maximum absolute atomic E-state index is 13.9. The van der Waals surface area contributed by atoms with Crippen molar-refractivity contribution in [1.82, 2.24) is 9.80 Å². The van der Waals surface area contributed by atoms with Crippen LogP contribution in [-0.4, -0.2) is 73.4 Å². The molecule has 1 aromatic rings. The number of aliphatic hydroxyl groups is 1. The van der Waals surface area contributed by atoms with Crippen molar-refractivity contribution in [2.24, 2.45) is 5.92 Å². The van der Waals surface area contributed by atoms with Crippen LogP contribution in [0.25, 0.3) is 0 Å². The van der Waals surface area contributed by atoms with Crippen LogP contribution in [0.2, 0.25) is 0 Å². The number of nitrogens with zero attached hydrogens (tertiary/aromatic N) is 2. The molecule has 0 spiro atoms. The Hall–Kier alpha value is -1.50. The first-order valence-corrected chi connectivity index (χ1v) is 8.65. The van der Waals surface area contributed by atoms with Crippen LogP contribution in [0.5, 0.6) is 0 Å². The summed E-state index contributed by atoms with van der Waals surface area (Å²) < 4.78 is 19.2. The molecule has 132 valence electrons. The van der Waals surface area contributed by atoms with E-state index in [1.165, 1.54) is 6.07 Å². The van der Waals surface area contributed by atoms with Crippen molar-refractivity contribution in [1.29, 1.82) is 0 Å². The Morgan fingerprint density at radius 1 is 1.29 bits per heavy atom. The van der Waals surface area contributed by atoms with Crippen LogP contribution in [0.1, 0.15) is 17.9 Å². The van der Waals surface area contributed by atoms with E-state index in [2.05, 4.69) is 4.90 Å². The summed E-state index contributed by atoms with van der Waals surface area (Å²) in [7, 11) is 0. The van der Waals surface area contributed by atoms with Crippen LogP contribution in [-0.2, 0) is 9.53 Å². The number of carbonyl (C=O) groups excluding carboxylic acids is 1. The molecule has 0 aromatic heterocycles. The van der Waals surface area contributed by atoms with Crippen LogP contribution < -0.4 is 0 Å². The second-order valence-corrected chi connectivity index (χ2v) is 6.47. The van der Waals surface area contributed by atoms with E-state index < -0.39 is 0 Å². The lowest BCUT2D eigenvalue weighted by Crippen LogP contribution is -2.44.